The van der Waals surface area contributed by atoms with Crippen molar-refractivity contribution in [3.63, 3.8) is 0 Å². The highest BCUT2D eigenvalue weighted by Crippen LogP contribution is 2.25. The molecule has 0 bridgehead atoms. The van der Waals surface area contributed by atoms with Crippen LogP contribution in [0.1, 0.15) is 85.5 Å². The van der Waals surface area contributed by atoms with E-state index in [1.165, 1.54) is 35.4 Å². The maximum atomic E-state index is 13.2. The summed E-state index contributed by atoms with van der Waals surface area (Å²) in [4.78, 5) is 67.9. The van der Waals surface area contributed by atoms with Crippen molar-refractivity contribution in [3.8, 4) is 0 Å². The summed E-state index contributed by atoms with van der Waals surface area (Å²) in [6.45, 7) is 7.67. The Morgan fingerprint density at radius 3 is 1.79 bits per heavy atom. The maximum absolute atomic E-state index is 13.2. The predicted molar refractivity (Wildman–Crippen MR) is 193 cm³/mol. The number of carbonyl (C=O) groups excluding carboxylic acids is 5. The molecule has 0 aliphatic rings. The molecule has 3 amide bonds. The first kappa shape index (κ1) is 45.7. The topological polar surface area (TPSA) is 267 Å². The van der Waals surface area contributed by atoms with E-state index in [1.54, 1.807) is 20.1 Å². The lowest BCUT2D eigenvalue weighted by Crippen LogP contribution is -2.54. The van der Waals surface area contributed by atoms with Crippen LogP contribution in [0.15, 0.2) is 4.99 Å². The van der Waals surface area contributed by atoms with Crippen LogP contribution in [0.5, 0.6) is 0 Å². The molecule has 0 heterocycles. The van der Waals surface area contributed by atoms with Crippen LogP contribution in [-0.4, -0.2) is 114 Å². The van der Waals surface area contributed by atoms with Gasteiger partial charge >= 0.3 is 5.97 Å². The fourth-order valence-electron chi connectivity index (χ4n) is 4.33. The number of hydrogen-bond donors (Lipinski definition) is 8. The molecule has 5 atom stereocenters. The van der Waals surface area contributed by atoms with Gasteiger partial charge in [0, 0.05) is 18.1 Å². The molecule has 0 aromatic rings. The average molecular weight is 721 g/mol. The van der Waals surface area contributed by atoms with Gasteiger partial charge in [0.25, 0.3) is 0 Å². The molecule has 0 aliphatic carbocycles. The molecule has 278 valence electrons. The van der Waals surface area contributed by atoms with Crippen LogP contribution in [0, 0.1) is 0 Å². The number of unbranched alkanes of at least 4 members (excludes halogenated alkanes) is 3. The Bertz CT molecular complexity index is 1000. The number of esters is 1. The van der Waals surface area contributed by atoms with E-state index < -0.39 is 65.3 Å². The summed E-state index contributed by atoms with van der Waals surface area (Å²) in [5.74, 6) is -2.17. The number of carbonyl (C=O) groups is 5. The van der Waals surface area contributed by atoms with Crippen LogP contribution in [0.25, 0.3) is 0 Å². The minimum Gasteiger partial charge on any atom is -0.464 e. The van der Waals surface area contributed by atoms with Crippen molar-refractivity contribution in [2.24, 2.45) is 27.9 Å². The van der Waals surface area contributed by atoms with E-state index in [0.29, 0.717) is 71.0 Å². The third kappa shape index (κ3) is 20.3. The first-order valence-corrected chi connectivity index (χ1v) is 19.2. The van der Waals surface area contributed by atoms with Gasteiger partial charge in [-0.1, -0.05) is 34.4 Å². The number of aliphatic hydroxyl groups is 1. The van der Waals surface area contributed by atoms with Crippen LogP contribution in [-0.2, 0) is 28.7 Å². The van der Waals surface area contributed by atoms with Gasteiger partial charge in [0.1, 0.15) is 23.7 Å². The number of nitrogens with zero attached hydrogens (tertiary/aromatic N) is 1. The SMILES string of the molecule is C/C=N\[C@@H](CCCCNC(=O)[C@H](CSSC[C@H](NC(=O)[C@H](N)CCCCN)C(=O)C(C)(C)O)NC(=O)[C@H](N)CCCCN)C(=O)OCC. The van der Waals surface area contributed by atoms with Crippen molar-refractivity contribution in [1.29, 1.82) is 0 Å². The van der Waals surface area contributed by atoms with Gasteiger partial charge in [-0.25, -0.2) is 4.79 Å². The van der Waals surface area contributed by atoms with Crippen LogP contribution in [0.4, 0.5) is 0 Å². The zero-order chi connectivity index (χ0) is 36.5. The van der Waals surface area contributed by atoms with Crippen molar-refractivity contribution >= 4 is 57.3 Å². The fourth-order valence-corrected chi connectivity index (χ4v) is 6.66. The molecular weight excluding hydrogens is 661 g/mol. The Labute approximate surface area is 293 Å². The third-order valence-corrected chi connectivity index (χ3v) is 9.55. The fraction of sp³-hybridized carbons (Fsp3) is 0.806. The zero-order valence-corrected chi connectivity index (χ0v) is 30.7. The van der Waals surface area contributed by atoms with Gasteiger partial charge in [-0.15, -0.1) is 0 Å². The Hall–Kier alpha value is -2.28. The molecule has 0 saturated heterocycles. The summed E-state index contributed by atoms with van der Waals surface area (Å²) in [7, 11) is 2.43. The third-order valence-electron chi connectivity index (χ3n) is 7.13. The lowest BCUT2D eigenvalue weighted by molar-refractivity contribution is -0.144. The van der Waals surface area contributed by atoms with Crippen molar-refractivity contribution < 1.29 is 33.8 Å². The number of aliphatic imine (C=N–C) groups is 1. The Morgan fingerprint density at radius 1 is 0.812 bits per heavy atom. The molecule has 0 aromatic carbocycles. The van der Waals surface area contributed by atoms with Crippen LogP contribution < -0.4 is 38.9 Å². The second-order valence-corrected chi connectivity index (χ2v) is 14.4. The van der Waals surface area contributed by atoms with Crippen molar-refractivity contribution in [3.05, 3.63) is 0 Å². The molecule has 12 N–H and O–H groups in total. The van der Waals surface area contributed by atoms with Crippen molar-refractivity contribution in [2.45, 2.75) is 121 Å². The summed E-state index contributed by atoms with van der Waals surface area (Å²) in [5.41, 5.74) is 21.4. The van der Waals surface area contributed by atoms with Gasteiger partial charge in [0.2, 0.25) is 17.7 Å². The second kappa shape index (κ2) is 26.6. The molecule has 0 radical (unpaired) electrons. The minimum atomic E-state index is -1.71. The Morgan fingerprint density at radius 2 is 1.31 bits per heavy atom. The first-order valence-electron chi connectivity index (χ1n) is 16.7. The largest absolute Gasteiger partial charge is 0.464 e. The zero-order valence-electron chi connectivity index (χ0n) is 29.0. The number of Topliss-reactive ketones (excluding diaryl/α,β-unsaturated/α-hetero) is 1. The van der Waals surface area contributed by atoms with Gasteiger partial charge in [0.15, 0.2) is 5.78 Å². The minimum absolute atomic E-state index is 0.0809. The van der Waals surface area contributed by atoms with E-state index >= 15 is 0 Å². The Kier molecular flexibility index (Phi) is 25.3. The van der Waals surface area contributed by atoms with Crippen molar-refractivity contribution in [1.82, 2.24) is 16.0 Å². The summed E-state index contributed by atoms with van der Waals surface area (Å²) in [5, 5.41) is 18.6. The molecule has 17 heteroatoms. The van der Waals surface area contributed by atoms with Gasteiger partial charge in [-0.2, -0.15) is 0 Å². The molecule has 0 aromatic heterocycles. The first-order chi connectivity index (χ1) is 22.7. The van der Waals surface area contributed by atoms with E-state index in [2.05, 4.69) is 20.9 Å². The van der Waals surface area contributed by atoms with Crippen LogP contribution >= 0.6 is 21.6 Å². The number of hydrogen-bond acceptors (Lipinski definition) is 14. The summed E-state index contributed by atoms with van der Waals surface area (Å²) in [6, 6.07) is -4.23. The molecule has 48 heavy (non-hydrogen) atoms. The molecule has 0 rings (SSSR count). The molecule has 0 spiro atoms. The monoisotopic (exact) mass is 720 g/mol. The van der Waals surface area contributed by atoms with Crippen LogP contribution in [0.2, 0.25) is 0 Å². The van der Waals surface area contributed by atoms with Crippen LogP contribution in [0.3, 0.4) is 0 Å². The van der Waals surface area contributed by atoms with Gasteiger partial charge < -0.3 is 48.7 Å². The second-order valence-electron chi connectivity index (χ2n) is 11.9. The molecule has 0 unspecified atom stereocenters. The smallest absolute Gasteiger partial charge is 0.330 e. The van der Waals surface area contributed by atoms with E-state index in [4.69, 9.17) is 27.7 Å². The van der Waals surface area contributed by atoms with Gasteiger partial charge in [-0.3, -0.25) is 24.2 Å². The quantitative estimate of drug-likeness (QED) is 0.0227. The Balaban J connectivity index is 5.37. The average Bonchev–Trinajstić information content (AvgIpc) is 3.03. The maximum Gasteiger partial charge on any atom is 0.330 e. The number of nitrogens with one attached hydrogen (secondary N) is 3. The molecule has 15 nitrogen and oxygen atoms in total. The number of ether oxygens (including phenoxy) is 1. The van der Waals surface area contributed by atoms with Crippen molar-refractivity contribution in [2.75, 3.05) is 37.7 Å². The number of amides is 3. The van der Waals surface area contributed by atoms with E-state index in [-0.39, 0.29) is 18.1 Å². The van der Waals surface area contributed by atoms with Gasteiger partial charge in [0.05, 0.1) is 18.7 Å². The number of ketones is 1. The molecule has 0 fully saturated rings. The number of nitrogens with two attached hydrogens (primary N) is 4. The normalized spacial score (nSPS) is 14.9. The van der Waals surface area contributed by atoms with Gasteiger partial charge in [-0.05, 0) is 91.9 Å². The summed E-state index contributed by atoms with van der Waals surface area (Å²) in [6.07, 6.45) is 6.77. The lowest BCUT2D eigenvalue weighted by Gasteiger charge is -2.25. The molecule has 0 aliphatic heterocycles. The van der Waals surface area contributed by atoms with E-state index in [1.807, 2.05) is 0 Å². The summed E-state index contributed by atoms with van der Waals surface area (Å²) < 4.78 is 5.06. The predicted octanol–water partition coefficient (Wildman–Crippen LogP) is -0.101. The van der Waals surface area contributed by atoms with E-state index in [0.717, 1.165) is 6.42 Å². The standard InChI is InChI=1S/C31H60N8O7S2/c1-5-36-23(30(44)46-6-2)15-9-12-18-37-29(43)25(39-28(42)22(35)14-8-11-17-33)20-48-47-19-24(26(40)31(3,4)45)38-27(41)21(34)13-7-10-16-32/h5,21-25,45H,6-20,32-35H2,1-4H3,(H,37,43)(H,38,41)(H,39,42)/b36-5-/t21-,22-,23+,24+,25+/m1/s1. The lowest BCUT2D eigenvalue weighted by atomic mass is 9.97. The van der Waals surface area contributed by atoms with E-state index in [9.17, 15) is 29.1 Å². The molecular formula is C31H60N8O7S2. The highest BCUT2D eigenvalue weighted by Gasteiger charge is 2.34. The number of rotatable bonds is 28. The summed E-state index contributed by atoms with van der Waals surface area (Å²) >= 11 is 0. The highest BCUT2D eigenvalue weighted by atomic mass is 33.1. The molecule has 0 saturated carbocycles. The highest BCUT2D eigenvalue weighted by molar-refractivity contribution is 8.76.